The molecular weight excluding hydrogens is 222 g/mol. The standard InChI is InChI=1S/C15H31N3/c1-14(2)17-9-11-18(12-10-17)15(13-16-3)7-5-4-6-8-15/h14,16H,4-13H2,1-3H3. The van der Waals surface area contributed by atoms with Gasteiger partial charge in [-0.25, -0.2) is 0 Å². The van der Waals surface area contributed by atoms with Crippen LogP contribution in [0, 0.1) is 0 Å². The van der Waals surface area contributed by atoms with E-state index in [1.807, 2.05) is 0 Å². The number of nitrogens with zero attached hydrogens (tertiary/aromatic N) is 2. The van der Waals surface area contributed by atoms with Crippen LogP contribution in [0.1, 0.15) is 46.0 Å². The Hall–Kier alpha value is -0.120. The molecule has 1 aliphatic heterocycles. The van der Waals surface area contributed by atoms with Crippen LogP contribution in [0.2, 0.25) is 0 Å². The van der Waals surface area contributed by atoms with Crippen molar-refractivity contribution in [1.29, 1.82) is 0 Å². The van der Waals surface area contributed by atoms with Crippen LogP contribution in [0.15, 0.2) is 0 Å². The van der Waals surface area contributed by atoms with Gasteiger partial charge in [-0.2, -0.15) is 0 Å². The van der Waals surface area contributed by atoms with Crippen LogP contribution in [0.5, 0.6) is 0 Å². The van der Waals surface area contributed by atoms with E-state index in [0.717, 1.165) is 0 Å². The summed E-state index contributed by atoms with van der Waals surface area (Å²) in [4.78, 5) is 5.41. The summed E-state index contributed by atoms with van der Waals surface area (Å²) in [6.07, 6.45) is 7.08. The van der Waals surface area contributed by atoms with Gasteiger partial charge in [-0.1, -0.05) is 19.3 Å². The first-order valence-electron chi connectivity index (χ1n) is 7.82. The molecule has 1 aliphatic carbocycles. The van der Waals surface area contributed by atoms with E-state index in [0.29, 0.717) is 11.6 Å². The lowest BCUT2D eigenvalue weighted by Gasteiger charge is -2.50. The predicted octanol–water partition coefficient (Wildman–Crippen LogP) is 1.93. The molecule has 106 valence electrons. The molecule has 1 saturated carbocycles. The zero-order valence-electron chi connectivity index (χ0n) is 12.5. The molecule has 2 rings (SSSR count). The van der Waals surface area contributed by atoms with Gasteiger partial charge in [0, 0.05) is 44.3 Å². The first kappa shape index (κ1) is 14.3. The molecule has 2 aliphatic rings. The van der Waals surface area contributed by atoms with Gasteiger partial charge in [-0.05, 0) is 33.7 Å². The second kappa shape index (κ2) is 6.36. The van der Waals surface area contributed by atoms with Crippen molar-refractivity contribution in [3.8, 4) is 0 Å². The highest BCUT2D eigenvalue weighted by atomic mass is 15.3. The van der Waals surface area contributed by atoms with E-state index in [-0.39, 0.29) is 0 Å². The molecule has 0 radical (unpaired) electrons. The maximum Gasteiger partial charge on any atom is 0.0334 e. The molecule has 3 nitrogen and oxygen atoms in total. The molecule has 1 heterocycles. The highest BCUT2D eigenvalue weighted by molar-refractivity contribution is 4.96. The van der Waals surface area contributed by atoms with Gasteiger partial charge in [0.25, 0.3) is 0 Å². The van der Waals surface area contributed by atoms with Gasteiger partial charge < -0.3 is 5.32 Å². The van der Waals surface area contributed by atoms with Gasteiger partial charge in [-0.3, -0.25) is 9.80 Å². The Morgan fingerprint density at radius 1 is 1.00 bits per heavy atom. The molecule has 2 fully saturated rings. The molecule has 0 bridgehead atoms. The Morgan fingerprint density at radius 2 is 1.61 bits per heavy atom. The second-order valence-corrected chi connectivity index (χ2v) is 6.43. The summed E-state index contributed by atoms with van der Waals surface area (Å²) >= 11 is 0. The van der Waals surface area contributed by atoms with Crippen LogP contribution < -0.4 is 5.32 Å². The minimum Gasteiger partial charge on any atom is -0.318 e. The van der Waals surface area contributed by atoms with Gasteiger partial charge in [0.05, 0.1) is 0 Å². The van der Waals surface area contributed by atoms with Crippen LogP contribution in [0.25, 0.3) is 0 Å². The van der Waals surface area contributed by atoms with Crippen LogP contribution in [-0.2, 0) is 0 Å². The maximum atomic E-state index is 3.45. The van der Waals surface area contributed by atoms with Gasteiger partial charge in [0.1, 0.15) is 0 Å². The molecular formula is C15H31N3. The van der Waals surface area contributed by atoms with Crippen molar-refractivity contribution < 1.29 is 0 Å². The summed E-state index contributed by atoms with van der Waals surface area (Å²) in [7, 11) is 2.11. The Labute approximate surface area is 113 Å². The minimum absolute atomic E-state index is 0.468. The first-order chi connectivity index (χ1) is 8.68. The molecule has 0 spiro atoms. The Bertz CT molecular complexity index is 233. The fourth-order valence-electron chi connectivity index (χ4n) is 3.86. The Kier molecular flexibility index (Phi) is 5.05. The van der Waals surface area contributed by atoms with Gasteiger partial charge in [-0.15, -0.1) is 0 Å². The molecule has 3 heteroatoms. The normalized spacial score (nSPS) is 26.7. The largest absolute Gasteiger partial charge is 0.318 e. The molecule has 0 atom stereocenters. The zero-order chi connectivity index (χ0) is 13.0. The van der Waals surface area contributed by atoms with E-state index in [1.54, 1.807) is 0 Å². The third kappa shape index (κ3) is 3.06. The van der Waals surface area contributed by atoms with Gasteiger partial charge >= 0.3 is 0 Å². The van der Waals surface area contributed by atoms with Crippen LogP contribution in [0.3, 0.4) is 0 Å². The Morgan fingerprint density at radius 3 is 2.11 bits per heavy atom. The van der Waals surface area contributed by atoms with Crippen LogP contribution in [0.4, 0.5) is 0 Å². The third-order valence-electron chi connectivity index (χ3n) is 5.01. The Balaban J connectivity index is 1.96. The highest BCUT2D eigenvalue weighted by Crippen LogP contribution is 2.34. The fraction of sp³-hybridized carbons (Fsp3) is 1.00. The molecule has 0 amide bonds. The summed E-state index contributed by atoms with van der Waals surface area (Å²) in [6.45, 7) is 10.8. The first-order valence-corrected chi connectivity index (χ1v) is 7.82. The summed E-state index contributed by atoms with van der Waals surface area (Å²) in [5.41, 5.74) is 0.468. The second-order valence-electron chi connectivity index (χ2n) is 6.43. The van der Waals surface area contributed by atoms with Gasteiger partial charge in [0.2, 0.25) is 0 Å². The third-order valence-corrected chi connectivity index (χ3v) is 5.01. The summed E-state index contributed by atoms with van der Waals surface area (Å²) in [5, 5.41) is 3.45. The van der Waals surface area contributed by atoms with Crippen molar-refractivity contribution in [3.63, 3.8) is 0 Å². The van der Waals surface area contributed by atoms with Crippen LogP contribution >= 0.6 is 0 Å². The molecule has 0 aromatic carbocycles. The van der Waals surface area contributed by atoms with E-state index < -0.39 is 0 Å². The molecule has 18 heavy (non-hydrogen) atoms. The monoisotopic (exact) mass is 253 g/mol. The van der Waals surface area contributed by atoms with Crippen molar-refractivity contribution >= 4 is 0 Å². The maximum absolute atomic E-state index is 3.45. The quantitative estimate of drug-likeness (QED) is 0.826. The number of piperazine rings is 1. The van der Waals surface area contributed by atoms with Crippen molar-refractivity contribution in [2.24, 2.45) is 0 Å². The number of likely N-dealkylation sites (N-methyl/N-ethyl adjacent to an activating group) is 1. The lowest BCUT2D eigenvalue weighted by atomic mass is 9.79. The molecule has 1 saturated heterocycles. The summed E-state index contributed by atoms with van der Waals surface area (Å²) in [5.74, 6) is 0. The number of hydrogen-bond acceptors (Lipinski definition) is 3. The van der Waals surface area contributed by atoms with E-state index in [1.165, 1.54) is 64.8 Å². The summed E-state index contributed by atoms with van der Waals surface area (Å²) in [6, 6.07) is 0.707. The molecule has 1 N–H and O–H groups in total. The van der Waals surface area contributed by atoms with Crippen molar-refractivity contribution in [3.05, 3.63) is 0 Å². The zero-order valence-corrected chi connectivity index (χ0v) is 12.5. The van der Waals surface area contributed by atoms with Crippen LogP contribution in [-0.4, -0.2) is 61.2 Å². The average Bonchev–Trinajstić information content (AvgIpc) is 2.40. The lowest BCUT2D eigenvalue weighted by molar-refractivity contribution is 0.00142. The summed E-state index contributed by atoms with van der Waals surface area (Å²) < 4.78 is 0. The molecule has 0 aromatic rings. The van der Waals surface area contributed by atoms with E-state index >= 15 is 0 Å². The lowest BCUT2D eigenvalue weighted by Crippen LogP contribution is -2.61. The predicted molar refractivity (Wildman–Crippen MR) is 78.0 cm³/mol. The number of rotatable bonds is 4. The topological polar surface area (TPSA) is 18.5 Å². The SMILES string of the molecule is CNCC1(N2CCN(C(C)C)CC2)CCCCC1. The van der Waals surface area contributed by atoms with Crippen molar-refractivity contribution in [2.45, 2.75) is 57.5 Å². The van der Waals surface area contributed by atoms with E-state index in [9.17, 15) is 0 Å². The molecule has 0 aromatic heterocycles. The van der Waals surface area contributed by atoms with Crippen molar-refractivity contribution in [1.82, 2.24) is 15.1 Å². The minimum atomic E-state index is 0.468. The van der Waals surface area contributed by atoms with E-state index in [2.05, 4.69) is 36.0 Å². The van der Waals surface area contributed by atoms with E-state index in [4.69, 9.17) is 0 Å². The molecule has 0 unspecified atom stereocenters. The number of hydrogen-bond donors (Lipinski definition) is 1. The smallest absolute Gasteiger partial charge is 0.0334 e. The van der Waals surface area contributed by atoms with Gasteiger partial charge in [0.15, 0.2) is 0 Å². The fourth-order valence-corrected chi connectivity index (χ4v) is 3.86. The highest BCUT2D eigenvalue weighted by Gasteiger charge is 2.38. The average molecular weight is 253 g/mol. The number of nitrogens with one attached hydrogen (secondary N) is 1. The van der Waals surface area contributed by atoms with Crippen molar-refractivity contribution in [2.75, 3.05) is 39.8 Å².